The minimum Gasteiger partial charge on any atom is -0.493 e. The third-order valence-electron chi connectivity index (χ3n) is 2.48. The SMILES string of the molecule is COc1cccc(OC)c1Oc1cnc(CN)cn1. The van der Waals surface area contributed by atoms with Crippen LogP contribution < -0.4 is 19.9 Å². The molecule has 100 valence electrons. The van der Waals surface area contributed by atoms with Crippen LogP contribution in [-0.2, 0) is 6.54 Å². The quantitative estimate of drug-likeness (QED) is 0.883. The molecule has 0 spiro atoms. The summed E-state index contributed by atoms with van der Waals surface area (Å²) in [5.41, 5.74) is 6.15. The van der Waals surface area contributed by atoms with E-state index in [0.717, 1.165) is 0 Å². The van der Waals surface area contributed by atoms with Gasteiger partial charge in [0.05, 0.1) is 32.3 Å². The van der Waals surface area contributed by atoms with Gasteiger partial charge < -0.3 is 19.9 Å². The smallest absolute Gasteiger partial charge is 0.238 e. The highest BCUT2D eigenvalue weighted by Crippen LogP contribution is 2.39. The molecule has 2 N–H and O–H groups in total. The Morgan fingerprint density at radius 2 is 1.74 bits per heavy atom. The Balaban J connectivity index is 2.30. The maximum absolute atomic E-state index is 5.66. The van der Waals surface area contributed by atoms with Gasteiger partial charge in [0.1, 0.15) is 0 Å². The van der Waals surface area contributed by atoms with E-state index >= 15 is 0 Å². The van der Waals surface area contributed by atoms with Gasteiger partial charge in [-0.15, -0.1) is 0 Å². The zero-order valence-corrected chi connectivity index (χ0v) is 10.8. The lowest BCUT2D eigenvalue weighted by atomic mass is 10.3. The number of hydrogen-bond acceptors (Lipinski definition) is 6. The second-order valence-electron chi connectivity index (χ2n) is 3.64. The van der Waals surface area contributed by atoms with Crippen molar-refractivity contribution in [1.29, 1.82) is 0 Å². The van der Waals surface area contributed by atoms with Crippen molar-refractivity contribution >= 4 is 0 Å². The van der Waals surface area contributed by atoms with Crippen molar-refractivity contribution in [2.75, 3.05) is 14.2 Å². The van der Waals surface area contributed by atoms with Gasteiger partial charge in [0.15, 0.2) is 11.5 Å². The van der Waals surface area contributed by atoms with Gasteiger partial charge in [0.2, 0.25) is 11.6 Å². The fraction of sp³-hybridized carbons (Fsp3) is 0.231. The first-order chi connectivity index (χ1) is 9.28. The van der Waals surface area contributed by atoms with E-state index in [4.69, 9.17) is 19.9 Å². The molecule has 0 radical (unpaired) electrons. The minimum absolute atomic E-state index is 0.339. The van der Waals surface area contributed by atoms with Crippen LogP contribution in [0.25, 0.3) is 0 Å². The summed E-state index contributed by atoms with van der Waals surface area (Å²) in [6.45, 7) is 0.339. The Morgan fingerprint density at radius 1 is 1.05 bits per heavy atom. The minimum atomic E-state index is 0.339. The zero-order valence-electron chi connectivity index (χ0n) is 10.8. The molecular weight excluding hydrogens is 246 g/mol. The third-order valence-corrected chi connectivity index (χ3v) is 2.48. The number of nitrogens with two attached hydrogens (primary N) is 1. The molecule has 0 aliphatic rings. The molecule has 19 heavy (non-hydrogen) atoms. The molecule has 0 saturated carbocycles. The summed E-state index contributed by atoms with van der Waals surface area (Å²) in [5.74, 6) is 1.93. The molecule has 0 aliphatic heterocycles. The van der Waals surface area contributed by atoms with Crippen LogP contribution in [0.3, 0.4) is 0 Å². The fourth-order valence-corrected chi connectivity index (χ4v) is 1.52. The molecule has 6 heteroatoms. The van der Waals surface area contributed by atoms with E-state index in [0.29, 0.717) is 35.4 Å². The van der Waals surface area contributed by atoms with Crippen molar-refractivity contribution in [1.82, 2.24) is 9.97 Å². The summed E-state index contributed by atoms with van der Waals surface area (Å²) in [6.07, 6.45) is 3.07. The van der Waals surface area contributed by atoms with Gasteiger partial charge in [-0.05, 0) is 12.1 Å². The van der Waals surface area contributed by atoms with Crippen molar-refractivity contribution in [3.05, 3.63) is 36.3 Å². The lowest BCUT2D eigenvalue weighted by Gasteiger charge is -2.12. The predicted octanol–water partition coefficient (Wildman–Crippen LogP) is 1.74. The number of rotatable bonds is 5. The maximum atomic E-state index is 5.66. The second kappa shape index (κ2) is 6.01. The van der Waals surface area contributed by atoms with Crippen LogP contribution in [0.2, 0.25) is 0 Å². The molecule has 0 unspecified atom stereocenters. The molecule has 1 aromatic carbocycles. The summed E-state index contributed by atoms with van der Waals surface area (Å²) < 4.78 is 16.1. The van der Waals surface area contributed by atoms with Gasteiger partial charge in [-0.1, -0.05) is 6.07 Å². The van der Waals surface area contributed by atoms with Gasteiger partial charge in [-0.2, -0.15) is 0 Å². The Bertz CT molecular complexity index is 521. The fourth-order valence-electron chi connectivity index (χ4n) is 1.52. The lowest BCUT2D eigenvalue weighted by Crippen LogP contribution is -2.01. The van der Waals surface area contributed by atoms with Crippen LogP contribution in [0, 0.1) is 0 Å². The Labute approximate surface area is 111 Å². The average molecular weight is 261 g/mol. The van der Waals surface area contributed by atoms with E-state index in [9.17, 15) is 0 Å². The van der Waals surface area contributed by atoms with E-state index < -0.39 is 0 Å². The van der Waals surface area contributed by atoms with Gasteiger partial charge in [-0.25, -0.2) is 4.98 Å². The standard InChI is InChI=1S/C13H15N3O3/c1-17-10-4-3-5-11(18-2)13(10)19-12-8-15-9(6-14)7-16-12/h3-5,7-8H,6,14H2,1-2H3. The molecule has 0 amide bonds. The van der Waals surface area contributed by atoms with E-state index in [1.165, 1.54) is 6.20 Å². The van der Waals surface area contributed by atoms with Crippen LogP contribution in [0.5, 0.6) is 23.1 Å². The van der Waals surface area contributed by atoms with E-state index in [2.05, 4.69) is 9.97 Å². The maximum Gasteiger partial charge on any atom is 0.238 e. The van der Waals surface area contributed by atoms with E-state index in [-0.39, 0.29) is 0 Å². The first-order valence-corrected chi connectivity index (χ1v) is 5.68. The molecule has 6 nitrogen and oxygen atoms in total. The number of ether oxygens (including phenoxy) is 3. The van der Waals surface area contributed by atoms with Gasteiger partial charge in [0, 0.05) is 6.54 Å². The number of benzene rings is 1. The third kappa shape index (κ3) is 2.92. The van der Waals surface area contributed by atoms with Crippen LogP contribution in [0.4, 0.5) is 0 Å². The first kappa shape index (κ1) is 13.1. The number of hydrogen-bond donors (Lipinski definition) is 1. The second-order valence-corrected chi connectivity index (χ2v) is 3.64. The predicted molar refractivity (Wildman–Crippen MR) is 69.5 cm³/mol. The molecule has 2 aromatic rings. The van der Waals surface area contributed by atoms with Gasteiger partial charge >= 0.3 is 0 Å². The van der Waals surface area contributed by atoms with Crippen molar-refractivity contribution < 1.29 is 14.2 Å². The zero-order chi connectivity index (χ0) is 13.7. The van der Waals surface area contributed by atoms with Gasteiger partial charge in [-0.3, -0.25) is 4.98 Å². The van der Waals surface area contributed by atoms with E-state index in [1.807, 2.05) is 6.07 Å². The molecule has 0 atom stereocenters. The highest BCUT2D eigenvalue weighted by atomic mass is 16.5. The Morgan fingerprint density at radius 3 is 2.21 bits per heavy atom. The first-order valence-electron chi connectivity index (χ1n) is 5.68. The summed E-state index contributed by atoms with van der Waals surface area (Å²) in [5, 5.41) is 0. The van der Waals surface area contributed by atoms with E-state index in [1.54, 1.807) is 32.5 Å². The molecule has 0 saturated heterocycles. The van der Waals surface area contributed by atoms with Crippen LogP contribution in [0.1, 0.15) is 5.69 Å². The van der Waals surface area contributed by atoms with Crippen LogP contribution >= 0.6 is 0 Å². The summed E-state index contributed by atoms with van der Waals surface area (Å²) in [4.78, 5) is 8.23. The lowest BCUT2D eigenvalue weighted by molar-refractivity contribution is 0.341. The van der Waals surface area contributed by atoms with Crippen molar-refractivity contribution in [2.24, 2.45) is 5.73 Å². The number of methoxy groups -OCH3 is 2. The molecule has 0 aliphatic carbocycles. The normalized spacial score (nSPS) is 10.1. The molecule has 1 aromatic heterocycles. The van der Waals surface area contributed by atoms with Crippen molar-refractivity contribution in [3.8, 4) is 23.1 Å². The Hall–Kier alpha value is -2.34. The largest absolute Gasteiger partial charge is 0.493 e. The Kier molecular flexibility index (Phi) is 4.15. The molecular formula is C13H15N3O3. The molecule has 1 heterocycles. The molecule has 0 fully saturated rings. The molecule has 0 bridgehead atoms. The number of para-hydroxylation sites is 1. The summed E-state index contributed by atoms with van der Waals surface area (Å²) >= 11 is 0. The van der Waals surface area contributed by atoms with Crippen LogP contribution in [-0.4, -0.2) is 24.2 Å². The topological polar surface area (TPSA) is 79.5 Å². The number of aromatic nitrogens is 2. The van der Waals surface area contributed by atoms with Crippen molar-refractivity contribution in [3.63, 3.8) is 0 Å². The van der Waals surface area contributed by atoms with Gasteiger partial charge in [0.25, 0.3) is 0 Å². The van der Waals surface area contributed by atoms with Crippen molar-refractivity contribution in [2.45, 2.75) is 6.54 Å². The number of nitrogens with zero attached hydrogens (tertiary/aromatic N) is 2. The highest BCUT2D eigenvalue weighted by Gasteiger charge is 2.13. The monoisotopic (exact) mass is 261 g/mol. The highest BCUT2D eigenvalue weighted by molar-refractivity contribution is 5.52. The van der Waals surface area contributed by atoms with Crippen LogP contribution in [0.15, 0.2) is 30.6 Å². The average Bonchev–Trinajstić information content (AvgIpc) is 2.48. The summed E-state index contributed by atoms with van der Waals surface area (Å²) in [7, 11) is 3.12. The molecule has 2 rings (SSSR count). The summed E-state index contributed by atoms with van der Waals surface area (Å²) in [6, 6.07) is 5.37.